The average Bonchev–Trinajstić information content (AvgIpc) is 3.18. The van der Waals surface area contributed by atoms with E-state index in [0.717, 1.165) is 51.9 Å². The van der Waals surface area contributed by atoms with Gasteiger partial charge in [0.05, 0.1) is 29.6 Å². The van der Waals surface area contributed by atoms with Crippen LogP contribution in [0.25, 0.3) is 0 Å². The quantitative estimate of drug-likeness (QED) is 0.246. The maximum atomic E-state index is 12.6. The van der Waals surface area contributed by atoms with Crippen LogP contribution in [0.2, 0.25) is 0 Å². The van der Waals surface area contributed by atoms with Crippen LogP contribution in [0.5, 0.6) is 0 Å². The zero-order chi connectivity index (χ0) is 47.8. The number of hydrogen-bond acceptors (Lipinski definition) is 17. The highest BCUT2D eigenvalue weighted by molar-refractivity contribution is 8.14. The fraction of sp³-hybridized carbons (Fsp3) is 0.385. The van der Waals surface area contributed by atoms with E-state index in [1.807, 2.05) is 66.0 Å². The predicted octanol–water partition coefficient (Wildman–Crippen LogP) is 4.60. The Morgan fingerprint density at radius 2 is 0.919 bits per heavy atom. The molecule has 0 saturated heterocycles. The molecular formula is C39H52N6O13S4. The molecule has 0 saturated carbocycles. The van der Waals surface area contributed by atoms with Gasteiger partial charge < -0.3 is 9.64 Å². The molecule has 0 heterocycles. The van der Waals surface area contributed by atoms with E-state index in [9.17, 15) is 57.5 Å². The molecule has 2 rings (SSSR count). The molecule has 340 valence electrons. The van der Waals surface area contributed by atoms with Crippen molar-refractivity contribution in [2.24, 2.45) is 0 Å². The van der Waals surface area contributed by atoms with Crippen molar-refractivity contribution in [2.75, 3.05) is 55.2 Å². The molecule has 0 bridgehead atoms. The van der Waals surface area contributed by atoms with E-state index in [1.165, 1.54) is 44.4 Å². The normalized spacial score (nSPS) is 9.50. The monoisotopic (exact) mass is 940 g/mol. The highest BCUT2D eigenvalue weighted by atomic mass is 32.2. The van der Waals surface area contributed by atoms with Crippen molar-refractivity contribution in [3.8, 4) is 0 Å². The van der Waals surface area contributed by atoms with Crippen LogP contribution < -0.4 is 20.9 Å². The van der Waals surface area contributed by atoms with E-state index in [1.54, 1.807) is 27.9 Å². The second-order valence-corrected chi connectivity index (χ2v) is 15.6. The molecule has 0 aliphatic carbocycles. The first-order chi connectivity index (χ1) is 29.0. The highest BCUT2D eigenvalue weighted by Gasteiger charge is 2.20. The van der Waals surface area contributed by atoms with E-state index >= 15 is 0 Å². The molecule has 0 atom stereocenters. The van der Waals surface area contributed by atoms with Crippen LogP contribution in [0.1, 0.15) is 48.5 Å². The van der Waals surface area contributed by atoms with Crippen LogP contribution in [0.15, 0.2) is 60.7 Å². The molecule has 2 aromatic rings. The molecule has 62 heavy (non-hydrogen) atoms. The Kier molecular flexibility index (Phi) is 32.2. The minimum atomic E-state index is -0.513. The largest absolute Gasteiger partial charge is 0.458 e. The average molecular weight is 941 g/mol. The van der Waals surface area contributed by atoms with Gasteiger partial charge in [0.15, 0.2) is 5.12 Å². The number of imide groups is 4. The number of benzene rings is 2. The van der Waals surface area contributed by atoms with Crippen LogP contribution in [0.3, 0.4) is 0 Å². The molecule has 0 fully saturated rings. The molecule has 19 nitrogen and oxygen atoms in total. The zero-order valence-corrected chi connectivity index (χ0v) is 39.1. The van der Waals surface area contributed by atoms with Crippen molar-refractivity contribution >= 4 is 127 Å². The Morgan fingerprint density at radius 3 is 1.24 bits per heavy atom. The maximum absolute atomic E-state index is 12.6. The summed E-state index contributed by atoms with van der Waals surface area (Å²) < 4.78 is 4.56. The minimum Gasteiger partial charge on any atom is -0.458 e. The Balaban J connectivity index is 0. The molecule has 0 spiro atoms. The van der Waals surface area contributed by atoms with Crippen molar-refractivity contribution in [2.45, 2.75) is 48.5 Å². The molecule has 3 N–H and O–H groups in total. The van der Waals surface area contributed by atoms with Crippen LogP contribution >= 0.6 is 47.0 Å². The second kappa shape index (κ2) is 34.1. The molecule has 23 heteroatoms. The van der Waals surface area contributed by atoms with Gasteiger partial charge in [0.1, 0.15) is 0 Å². The number of nitrogens with zero attached hydrogens (tertiary/aromatic N) is 3. The van der Waals surface area contributed by atoms with Gasteiger partial charge in [-0.1, -0.05) is 71.7 Å². The van der Waals surface area contributed by atoms with E-state index in [2.05, 4.69) is 15.4 Å². The number of amides is 10. The fourth-order valence-corrected chi connectivity index (χ4v) is 6.02. The Morgan fingerprint density at radius 1 is 0.532 bits per heavy atom. The first-order valence-corrected chi connectivity index (χ1v) is 22.1. The maximum Gasteiger partial charge on any atom is 0.367 e. The molecule has 0 aliphatic heterocycles. The summed E-state index contributed by atoms with van der Waals surface area (Å²) in [5.41, 5.74) is 1.42. The zero-order valence-electron chi connectivity index (χ0n) is 35.8. The van der Waals surface area contributed by atoms with Gasteiger partial charge in [-0.3, -0.25) is 78.5 Å². The third-order valence-electron chi connectivity index (χ3n) is 6.16. The van der Waals surface area contributed by atoms with Crippen molar-refractivity contribution in [1.29, 1.82) is 0 Å². The summed E-state index contributed by atoms with van der Waals surface area (Å²) in [6.45, 7) is 10.5. The fourth-order valence-electron chi connectivity index (χ4n) is 3.76. The van der Waals surface area contributed by atoms with Gasteiger partial charge in [-0.2, -0.15) is 0 Å². The lowest BCUT2D eigenvalue weighted by atomic mass is 10.2. The number of carbonyl (C=O) groups is 12. The summed E-state index contributed by atoms with van der Waals surface area (Å²) in [6.07, 6.45) is 0. The van der Waals surface area contributed by atoms with Crippen molar-refractivity contribution in [3.63, 3.8) is 0 Å². The predicted molar refractivity (Wildman–Crippen MR) is 242 cm³/mol. The minimum absolute atomic E-state index is 0.0312. The first-order valence-electron chi connectivity index (χ1n) is 18.1. The van der Waals surface area contributed by atoms with Crippen molar-refractivity contribution in [1.82, 2.24) is 25.8 Å². The smallest absolute Gasteiger partial charge is 0.367 e. The van der Waals surface area contributed by atoms with Gasteiger partial charge in [-0.05, 0) is 49.9 Å². The van der Waals surface area contributed by atoms with E-state index in [4.69, 9.17) is 0 Å². The molecule has 0 aliphatic rings. The Hall–Kier alpha value is -5.52. The summed E-state index contributed by atoms with van der Waals surface area (Å²) in [5.74, 6) is -3.52. The standard InChI is InChI=1S/C17H16N2O3S.C8H13NO3S.C7H12N2O3S.C7H11NO4S/c1-13(20)18-16(21)12-23-17(22)19(14-8-4-2-5-9-14)15-10-6-3-7-11-15;1-4-9(6(2)10)8(12)5-13-7(3)11;1-5(10)8-6(11)4-13-7(12)9(2)3;1-3-12-7(11)13-4-6(10)8-5(2)9/h2-11H,12H2,1H3,(H,18,20,21);4-5H2,1-3H3;4H2,1-3H3,(H,8,10,11);3-4H2,1-2H3,(H,8,9,10). The van der Waals surface area contributed by atoms with Gasteiger partial charge in [-0.15, -0.1) is 0 Å². The lowest BCUT2D eigenvalue weighted by Crippen LogP contribution is -2.36. The van der Waals surface area contributed by atoms with Crippen LogP contribution in [-0.4, -0.2) is 128 Å². The second-order valence-electron chi connectivity index (χ2n) is 11.7. The topological polar surface area (TPSA) is 260 Å². The Bertz CT molecular complexity index is 1810. The van der Waals surface area contributed by atoms with Crippen LogP contribution in [0, 0.1) is 0 Å². The van der Waals surface area contributed by atoms with E-state index in [0.29, 0.717) is 17.9 Å². The number of thioether (sulfide) groups is 4. The molecule has 0 unspecified atom stereocenters. The van der Waals surface area contributed by atoms with Gasteiger partial charge >= 0.3 is 5.30 Å². The third-order valence-corrected chi connectivity index (χ3v) is 9.57. The van der Waals surface area contributed by atoms with E-state index in [-0.39, 0.29) is 57.0 Å². The number of nitrogens with one attached hydrogen (secondary N) is 3. The summed E-state index contributed by atoms with van der Waals surface area (Å²) >= 11 is 3.35. The number of carbonyl (C=O) groups excluding carboxylic acids is 12. The number of para-hydroxylation sites is 2. The summed E-state index contributed by atoms with van der Waals surface area (Å²) in [6, 6.07) is 18.4. The highest BCUT2D eigenvalue weighted by Crippen LogP contribution is 2.28. The first kappa shape index (κ1) is 58.6. The summed E-state index contributed by atoms with van der Waals surface area (Å²) in [4.78, 5) is 136. The van der Waals surface area contributed by atoms with E-state index < -0.39 is 40.7 Å². The number of ether oxygens (including phenoxy) is 1. The van der Waals surface area contributed by atoms with Crippen molar-refractivity contribution < 1.29 is 62.3 Å². The number of anilines is 2. The van der Waals surface area contributed by atoms with Gasteiger partial charge in [0.2, 0.25) is 47.3 Å². The summed E-state index contributed by atoms with van der Waals surface area (Å²) in [7, 11) is 3.19. The number of rotatable bonds is 12. The summed E-state index contributed by atoms with van der Waals surface area (Å²) in [5, 5.41) is 5.12. The molecular weight excluding hydrogens is 889 g/mol. The van der Waals surface area contributed by atoms with Gasteiger partial charge in [-0.25, -0.2) is 4.79 Å². The number of hydrogen-bond donors (Lipinski definition) is 3. The third kappa shape index (κ3) is 30.5. The lowest BCUT2D eigenvalue weighted by molar-refractivity contribution is -0.142. The van der Waals surface area contributed by atoms with Crippen LogP contribution in [0.4, 0.5) is 25.8 Å². The molecule has 0 radical (unpaired) electrons. The SMILES string of the molecule is CC(=O)NC(=O)CSC(=O)N(C)C.CC(=O)NC(=O)CSC(=O)N(c1ccccc1)c1ccccc1.CCN(C(C)=O)C(=O)CSC(C)=O.CCOC(=O)SCC(=O)NC(C)=O. The van der Waals surface area contributed by atoms with Gasteiger partial charge in [0.25, 0.3) is 10.5 Å². The molecule has 0 aromatic heterocycles. The Labute approximate surface area is 377 Å². The van der Waals surface area contributed by atoms with Crippen molar-refractivity contribution in [3.05, 3.63) is 60.7 Å². The molecule has 10 amide bonds. The van der Waals surface area contributed by atoms with Crippen LogP contribution in [-0.2, 0) is 47.9 Å². The van der Waals surface area contributed by atoms with Gasteiger partial charge in [0, 0.05) is 66.6 Å². The lowest BCUT2D eigenvalue weighted by Gasteiger charge is -2.22. The molecule has 2 aromatic carbocycles.